The lowest BCUT2D eigenvalue weighted by Gasteiger charge is -2.48. The first-order valence-electron chi connectivity index (χ1n) is 15.9. The SMILES string of the molecule is COC(=O)[C@@]1(C[C@H]2COC(C)(C)N2C(=O)OC(C)(C)C)C[C@H]2OC[C@@H](O[Si](C)(C)C(C)(C)C)[C@@H](N(C)C(=O)OC(C)(C)C)[C@H]2O1. The molecule has 0 bridgehead atoms. The fourth-order valence-corrected chi connectivity index (χ4v) is 7.33. The van der Waals surface area contributed by atoms with E-state index in [0.29, 0.717) is 0 Å². The van der Waals surface area contributed by atoms with Gasteiger partial charge in [-0.3, -0.25) is 4.90 Å². The lowest BCUT2D eigenvalue weighted by molar-refractivity contribution is -0.184. The molecule has 0 unspecified atom stereocenters. The average Bonchev–Trinajstić information content (AvgIpc) is 3.36. The van der Waals surface area contributed by atoms with Crippen molar-refractivity contribution < 1.29 is 47.2 Å². The number of hydrogen-bond acceptors (Lipinski definition) is 10. The van der Waals surface area contributed by atoms with Gasteiger partial charge < -0.3 is 37.7 Å². The second kappa shape index (κ2) is 12.6. The van der Waals surface area contributed by atoms with E-state index in [1.54, 1.807) is 41.7 Å². The van der Waals surface area contributed by atoms with Crippen LogP contribution in [0.3, 0.4) is 0 Å². The first-order chi connectivity index (χ1) is 20.2. The molecule has 45 heavy (non-hydrogen) atoms. The van der Waals surface area contributed by atoms with Gasteiger partial charge in [0.1, 0.15) is 23.0 Å². The molecule has 2 amide bonds. The monoisotopic (exact) mass is 658 g/mol. The summed E-state index contributed by atoms with van der Waals surface area (Å²) in [6.07, 6.45) is -2.67. The van der Waals surface area contributed by atoms with Gasteiger partial charge in [-0.05, 0) is 73.5 Å². The van der Waals surface area contributed by atoms with Crippen LogP contribution in [0.1, 0.15) is 89.0 Å². The second-order valence-electron chi connectivity index (χ2n) is 16.6. The number of esters is 1. The van der Waals surface area contributed by atoms with Crippen molar-refractivity contribution in [1.29, 1.82) is 0 Å². The lowest BCUT2D eigenvalue weighted by atomic mass is 9.88. The smallest absolute Gasteiger partial charge is 0.412 e. The van der Waals surface area contributed by atoms with Crippen LogP contribution in [-0.2, 0) is 37.6 Å². The molecule has 260 valence electrons. The molecule has 0 radical (unpaired) electrons. The van der Waals surface area contributed by atoms with E-state index in [2.05, 4.69) is 33.9 Å². The molecule has 3 saturated heterocycles. The van der Waals surface area contributed by atoms with Gasteiger partial charge in [-0.25, -0.2) is 14.4 Å². The summed E-state index contributed by atoms with van der Waals surface area (Å²) >= 11 is 0. The number of likely N-dealkylation sites (N-methyl/N-ethyl adjacent to an activating group) is 1. The van der Waals surface area contributed by atoms with Crippen LogP contribution in [0.15, 0.2) is 0 Å². The molecule has 0 aromatic rings. The lowest BCUT2D eigenvalue weighted by Crippen LogP contribution is -2.63. The van der Waals surface area contributed by atoms with E-state index in [0.717, 1.165) is 0 Å². The third-order valence-corrected chi connectivity index (χ3v) is 13.6. The molecular weight excluding hydrogens is 600 g/mol. The molecule has 3 rings (SSSR count). The summed E-state index contributed by atoms with van der Waals surface area (Å²) in [6, 6.07) is -1.19. The zero-order valence-corrected chi connectivity index (χ0v) is 31.2. The molecule has 0 spiro atoms. The van der Waals surface area contributed by atoms with Crippen LogP contribution in [-0.4, -0.2) is 117 Å². The van der Waals surface area contributed by atoms with Crippen LogP contribution < -0.4 is 0 Å². The number of carbonyl (C=O) groups is 3. The Labute approximate surface area is 270 Å². The summed E-state index contributed by atoms with van der Waals surface area (Å²) in [5.74, 6) is -0.588. The number of fused-ring (bicyclic) bond motifs is 1. The number of ether oxygens (including phenoxy) is 6. The largest absolute Gasteiger partial charge is 0.467 e. The van der Waals surface area contributed by atoms with Gasteiger partial charge in [0.15, 0.2) is 13.9 Å². The van der Waals surface area contributed by atoms with Crippen molar-refractivity contribution in [2.75, 3.05) is 27.4 Å². The molecule has 0 aliphatic carbocycles. The number of nitrogens with zero attached hydrogens (tertiary/aromatic N) is 2. The van der Waals surface area contributed by atoms with Crippen molar-refractivity contribution in [3.05, 3.63) is 0 Å². The molecule has 3 heterocycles. The van der Waals surface area contributed by atoms with Crippen LogP contribution in [0, 0.1) is 0 Å². The summed E-state index contributed by atoms with van der Waals surface area (Å²) < 4.78 is 42.8. The molecule has 13 heteroatoms. The normalized spacial score (nSPS) is 30.5. The zero-order chi connectivity index (χ0) is 34.6. The van der Waals surface area contributed by atoms with Crippen molar-refractivity contribution in [3.8, 4) is 0 Å². The van der Waals surface area contributed by atoms with Gasteiger partial charge >= 0.3 is 18.2 Å². The third-order valence-electron chi connectivity index (χ3n) is 9.12. The number of methoxy groups -OCH3 is 1. The molecule has 0 aromatic carbocycles. The van der Waals surface area contributed by atoms with Crippen LogP contribution in [0.2, 0.25) is 18.1 Å². The quantitative estimate of drug-likeness (QED) is 0.206. The van der Waals surface area contributed by atoms with E-state index in [1.807, 2.05) is 20.8 Å². The zero-order valence-electron chi connectivity index (χ0n) is 30.2. The van der Waals surface area contributed by atoms with Crippen LogP contribution in [0.25, 0.3) is 0 Å². The Morgan fingerprint density at radius 2 is 1.53 bits per heavy atom. The van der Waals surface area contributed by atoms with Crippen LogP contribution in [0.4, 0.5) is 9.59 Å². The molecule has 12 nitrogen and oxygen atoms in total. The van der Waals surface area contributed by atoms with Gasteiger partial charge in [-0.15, -0.1) is 0 Å². The number of rotatable bonds is 6. The maximum atomic E-state index is 13.7. The highest BCUT2D eigenvalue weighted by Crippen LogP contribution is 2.46. The summed E-state index contributed by atoms with van der Waals surface area (Å²) in [7, 11) is 0.641. The highest BCUT2D eigenvalue weighted by molar-refractivity contribution is 6.74. The first-order valence-corrected chi connectivity index (χ1v) is 18.8. The Kier molecular flexibility index (Phi) is 10.5. The fourth-order valence-electron chi connectivity index (χ4n) is 6.01. The highest BCUT2D eigenvalue weighted by atomic mass is 28.4. The fraction of sp³-hybridized carbons (Fsp3) is 0.906. The van der Waals surface area contributed by atoms with E-state index >= 15 is 0 Å². The van der Waals surface area contributed by atoms with Crippen molar-refractivity contribution in [2.24, 2.45) is 0 Å². The Hall–Kier alpha value is -1.93. The van der Waals surface area contributed by atoms with E-state index in [9.17, 15) is 14.4 Å². The topological polar surface area (TPSA) is 122 Å². The van der Waals surface area contributed by atoms with Gasteiger partial charge in [-0.1, -0.05) is 20.8 Å². The predicted octanol–water partition coefficient (Wildman–Crippen LogP) is 5.47. The predicted molar refractivity (Wildman–Crippen MR) is 170 cm³/mol. The van der Waals surface area contributed by atoms with E-state index in [1.165, 1.54) is 16.9 Å². The minimum atomic E-state index is -2.34. The molecule has 6 atom stereocenters. The van der Waals surface area contributed by atoms with Crippen molar-refractivity contribution in [3.63, 3.8) is 0 Å². The van der Waals surface area contributed by atoms with E-state index in [4.69, 9.17) is 32.8 Å². The number of amides is 2. The minimum absolute atomic E-state index is 0.0787. The van der Waals surface area contributed by atoms with Gasteiger partial charge in [-0.2, -0.15) is 0 Å². The summed E-state index contributed by atoms with van der Waals surface area (Å²) in [5.41, 5.74) is -3.92. The summed E-state index contributed by atoms with van der Waals surface area (Å²) in [4.78, 5) is 43.6. The first kappa shape index (κ1) is 37.5. The number of carbonyl (C=O) groups excluding carboxylic acids is 3. The molecule has 0 N–H and O–H groups in total. The van der Waals surface area contributed by atoms with Crippen molar-refractivity contribution in [1.82, 2.24) is 9.80 Å². The molecule has 0 saturated carbocycles. The third kappa shape index (κ3) is 8.32. The Bertz CT molecular complexity index is 1110. The molecule has 3 fully saturated rings. The molecule has 3 aliphatic heterocycles. The van der Waals surface area contributed by atoms with Crippen molar-refractivity contribution >= 4 is 26.5 Å². The van der Waals surface area contributed by atoms with E-state index < -0.39 is 79.4 Å². The second-order valence-corrected chi connectivity index (χ2v) is 21.4. The number of hydrogen-bond donors (Lipinski definition) is 0. The summed E-state index contributed by atoms with van der Waals surface area (Å²) in [5, 5.41) is -0.106. The molecule has 3 aliphatic rings. The Morgan fingerprint density at radius 1 is 0.956 bits per heavy atom. The van der Waals surface area contributed by atoms with Gasteiger partial charge in [0.2, 0.25) is 0 Å². The Balaban J connectivity index is 2.01. The van der Waals surface area contributed by atoms with Gasteiger partial charge in [0.05, 0.1) is 44.6 Å². The van der Waals surface area contributed by atoms with Crippen molar-refractivity contribution in [2.45, 2.75) is 160 Å². The standard InChI is InChI=1S/C32H58N2O10Si/c1-28(2,3)42-26(36)33(12)23-22(44-45(14,15)30(7,8)9)19-39-21-17-32(25(35)38-13,41-24(21)23)16-20-18-40-31(10,11)34(20)27(37)43-29(4,5)6/h20-24H,16-19H2,1-15H3/t20-,21+,22+,23+,24-,32+/m0/s1. The molecular formula is C32H58N2O10Si. The summed E-state index contributed by atoms with van der Waals surface area (Å²) in [6.45, 7) is 25.5. The van der Waals surface area contributed by atoms with Crippen LogP contribution >= 0.6 is 0 Å². The van der Waals surface area contributed by atoms with Gasteiger partial charge in [0, 0.05) is 19.9 Å². The Morgan fingerprint density at radius 3 is 2.04 bits per heavy atom. The van der Waals surface area contributed by atoms with Crippen LogP contribution in [0.5, 0.6) is 0 Å². The minimum Gasteiger partial charge on any atom is -0.467 e. The van der Waals surface area contributed by atoms with E-state index in [-0.39, 0.29) is 31.1 Å². The average molecular weight is 659 g/mol. The highest BCUT2D eigenvalue weighted by Gasteiger charge is 2.62. The maximum absolute atomic E-state index is 13.7. The van der Waals surface area contributed by atoms with Gasteiger partial charge in [0.25, 0.3) is 0 Å². The maximum Gasteiger partial charge on any atom is 0.412 e. The molecule has 0 aromatic heterocycles.